The Kier molecular flexibility index (Phi) is 8.06. The van der Waals surface area contributed by atoms with Crippen LogP contribution < -0.4 is 10.3 Å². The van der Waals surface area contributed by atoms with E-state index < -0.39 is 53.1 Å². The van der Waals surface area contributed by atoms with E-state index in [4.69, 9.17) is 21.6 Å². The van der Waals surface area contributed by atoms with Crippen molar-refractivity contribution < 1.29 is 55.0 Å². The minimum Gasteiger partial charge on any atom is -0.479 e. The zero-order valence-electron chi connectivity index (χ0n) is 12.4. The third kappa shape index (κ3) is 5.03. The van der Waals surface area contributed by atoms with E-state index in [1.807, 2.05) is 0 Å². The summed E-state index contributed by atoms with van der Waals surface area (Å²) in [6, 6.07) is 6.46. The van der Waals surface area contributed by atoms with E-state index in [0.717, 1.165) is 18.2 Å². The molecule has 0 saturated heterocycles. The van der Waals surface area contributed by atoms with Gasteiger partial charge in [-0.1, -0.05) is 5.69 Å². The molecular weight excluding hydrogens is 441 g/mol. The van der Waals surface area contributed by atoms with E-state index in [-0.39, 0.29) is 38.5 Å². The molecule has 1 aromatic carbocycles. The number of ether oxygens (including phenoxy) is 1. The van der Waals surface area contributed by atoms with E-state index in [2.05, 4.69) is 6.07 Å². The fourth-order valence-electron chi connectivity index (χ4n) is 2.00. The molecule has 10 heteroatoms. The van der Waals surface area contributed by atoms with Crippen LogP contribution in [0.5, 0.6) is 5.75 Å². The number of benzene rings is 1. The van der Waals surface area contributed by atoms with Crippen molar-refractivity contribution in [3.63, 3.8) is 0 Å². The Morgan fingerprint density at radius 3 is 2.44 bits per heavy atom. The van der Waals surface area contributed by atoms with Crippen LogP contribution in [0.2, 0.25) is 5.02 Å². The van der Waals surface area contributed by atoms with Crippen LogP contribution >= 0.6 is 11.6 Å². The Morgan fingerprint density at radius 1 is 1.32 bits per heavy atom. The van der Waals surface area contributed by atoms with Crippen LogP contribution in [0.15, 0.2) is 23.0 Å². The van der Waals surface area contributed by atoms with Gasteiger partial charge < -0.3 is 9.30 Å². The molecule has 2 aromatic rings. The first-order valence-electron chi connectivity index (χ1n) is 6.43. The summed E-state index contributed by atoms with van der Waals surface area (Å²) in [7, 11) is 0. The topological polar surface area (TPSA) is 55.0 Å². The molecule has 2 rings (SSSR count). The number of alkyl halides is 2. The van der Waals surface area contributed by atoms with Crippen LogP contribution in [0.25, 0.3) is 11.3 Å². The van der Waals surface area contributed by atoms with E-state index in [1.165, 1.54) is 0 Å². The average molecular weight is 449 g/mol. The maximum absolute atomic E-state index is 14.2. The summed E-state index contributed by atoms with van der Waals surface area (Å²) in [5.41, 5.74) is -2.26. The monoisotopic (exact) mass is 448 g/mol. The van der Waals surface area contributed by atoms with Gasteiger partial charge in [0.1, 0.15) is 11.8 Å². The number of rotatable bonds is 5. The van der Waals surface area contributed by atoms with E-state index in [9.17, 15) is 22.4 Å². The predicted octanol–water partition coefficient (Wildman–Crippen LogP) is 3.41. The summed E-state index contributed by atoms with van der Waals surface area (Å²) in [4.78, 5) is 11.9. The van der Waals surface area contributed by atoms with E-state index in [0.29, 0.717) is 4.57 Å². The molecule has 0 atom stereocenters. The molecule has 0 amide bonds. The van der Waals surface area contributed by atoms with Crippen LogP contribution in [-0.2, 0) is 39.3 Å². The van der Waals surface area contributed by atoms with Crippen molar-refractivity contribution in [1.29, 1.82) is 5.26 Å². The smallest absolute Gasteiger partial charge is 0.256 e. The molecule has 0 bridgehead atoms. The van der Waals surface area contributed by atoms with Gasteiger partial charge in [-0.25, -0.2) is 17.6 Å². The van der Waals surface area contributed by atoms with Crippen molar-refractivity contribution in [3.8, 4) is 23.1 Å². The second-order valence-electron chi connectivity index (χ2n) is 4.50. The van der Waals surface area contributed by atoms with Crippen molar-refractivity contribution in [1.82, 2.24) is 4.57 Å². The maximum atomic E-state index is 14.2. The van der Waals surface area contributed by atoms with Gasteiger partial charge in [0.05, 0.1) is 18.2 Å². The first-order chi connectivity index (χ1) is 11.3. The predicted molar refractivity (Wildman–Crippen MR) is 77.0 cm³/mol. The van der Waals surface area contributed by atoms with Crippen LogP contribution in [-0.4, -0.2) is 17.6 Å². The normalized spacial score (nSPS) is 10.3. The summed E-state index contributed by atoms with van der Waals surface area (Å²) in [6.07, 6.45) is -2.95. The second-order valence-corrected chi connectivity index (χ2v) is 4.91. The van der Waals surface area contributed by atoms with Gasteiger partial charge in [-0.15, -0.1) is 0 Å². The van der Waals surface area contributed by atoms with Crippen LogP contribution in [0.3, 0.4) is 0 Å². The van der Waals surface area contributed by atoms with Gasteiger partial charge in [-0.3, -0.25) is 4.79 Å². The molecule has 0 aliphatic heterocycles. The number of nitrogens with zero attached hydrogens (tertiary/aromatic N) is 2. The fraction of sp³-hybridized carbons (Fsp3) is 0.200. The van der Waals surface area contributed by atoms with E-state index in [1.54, 1.807) is 6.07 Å². The molecule has 0 aliphatic carbocycles. The van der Waals surface area contributed by atoms with Gasteiger partial charge in [0.15, 0.2) is 6.61 Å². The Hall–Kier alpha value is -1.43. The Morgan fingerprint density at radius 2 is 1.92 bits per heavy atom. The van der Waals surface area contributed by atoms with Crippen LogP contribution in [0.1, 0.15) is 0 Å². The zero-order chi connectivity index (χ0) is 17.9. The molecule has 1 radical (unpaired) electrons. The first-order valence-corrected chi connectivity index (χ1v) is 6.81. The molecule has 0 aliphatic rings. The number of hydrogen-bond acceptors (Lipinski definition) is 3. The van der Waals surface area contributed by atoms with Gasteiger partial charge in [0.25, 0.3) is 6.43 Å². The number of hydrogen-bond donors (Lipinski definition) is 0. The third-order valence-corrected chi connectivity index (χ3v) is 3.20. The zero-order valence-corrected chi connectivity index (χ0v) is 16.0. The number of aromatic nitrogens is 1. The van der Waals surface area contributed by atoms with Crippen molar-refractivity contribution >= 4 is 11.6 Å². The van der Waals surface area contributed by atoms with Gasteiger partial charge >= 0.3 is 0 Å². The molecule has 0 fully saturated rings. The van der Waals surface area contributed by atoms with Gasteiger partial charge in [0.2, 0.25) is 5.56 Å². The summed E-state index contributed by atoms with van der Waals surface area (Å²) in [5, 5.41) is 7.98. The number of pyridine rings is 1. The molecule has 0 N–H and O–H groups in total. The maximum Gasteiger partial charge on any atom is 0.256 e. The fourth-order valence-corrected chi connectivity index (χ4v) is 2.15. The summed E-state index contributed by atoms with van der Waals surface area (Å²) in [5.74, 6) is -2.58. The van der Waals surface area contributed by atoms with Crippen molar-refractivity contribution in [2.24, 2.45) is 0 Å². The Bertz CT molecular complexity index is 845. The molecule has 0 saturated carbocycles. The van der Waals surface area contributed by atoms with Crippen LogP contribution in [0.4, 0.5) is 17.6 Å². The van der Waals surface area contributed by atoms with Gasteiger partial charge in [-0.05, 0) is 5.56 Å². The standard InChI is InChI=1S/C15H8ClF4N2O2.Y/c16-9-1-2-12(22(15(9)23)7-13(19)20)14-10(17)5-8(6-11(14)18)24-4-3-21;/h1,5-6,13H,4,7H2;/q-1;. The number of nitriles is 1. The van der Waals surface area contributed by atoms with Gasteiger partial charge in [0, 0.05) is 49.9 Å². The first kappa shape index (κ1) is 21.6. The molecule has 25 heavy (non-hydrogen) atoms. The molecule has 1 aromatic heterocycles. The summed E-state index contributed by atoms with van der Waals surface area (Å²) >= 11 is 5.57. The summed E-state index contributed by atoms with van der Waals surface area (Å²) < 4.78 is 59.0. The molecule has 0 unspecified atom stereocenters. The molecule has 4 nitrogen and oxygen atoms in total. The quantitative estimate of drug-likeness (QED) is 0.520. The second kappa shape index (κ2) is 9.32. The van der Waals surface area contributed by atoms with E-state index >= 15 is 0 Å². The molecule has 0 spiro atoms. The molecular formula is C15H8ClF4N2O2Y-. The third-order valence-electron chi connectivity index (χ3n) is 2.93. The Balaban J connectivity index is 0.00000312. The van der Waals surface area contributed by atoms with Crippen molar-refractivity contribution in [3.05, 3.63) is 51.3 Å². The van der Waals surface area contributed by atoms with Crippen molar-refractivity contribution in [2.45, 2.75) is 13.0 Å². The molecule has 1 heterocycles. The largest absolute Gasteiger partial charge is 0.479 e. The summed E-state index contributed by atoms with van der Waals surface area (Å²) in [6.45, 7) is -1.53. The van der Waals surface area contributed by atoms with Crippen molar-refractivity contribution in [2.75, 3.05) is 6.61 Å². The average Bonchev–Trinajstić information content (AvgIpc) is 2.51. The SMILES string of the molecule is N#CCOc1cc(F)c(-c2[c-]cc(Cl)c(=O)n2CC(F)F)c(F)c1.[Y]. The minimum absolute atomic E-state index is 0. The molecule has 129 valence electrons. The Labute approximate surface area is 169 Å². The van der Waals surface area contributed by atoms with Crippen LogP contribution in [0, 0.1) is 29.0 Å². The van der Waals surface area contributed by atoms with Gasteiger partial charge in [-0.2, -0.15) is 29.0 Å². The minimum atomic E-state index is -2.95. The number of halogens is 5.